The largest absolute Gasteiger partial charge is 0.495 e. The summed E-state index contributed by atoms with van der Waals surface area (Å²) >= 11 is 6.09. The summed E-state index contributed by atoms with van der Waals surface area (Å²) in [7, 11) is 1.55. The molecule has 0 aromatic heterocycles. The van der Waals surface area contributed by atoms with E-state index in [0.717, 1.165) is 5.56 Å². The molecule has 0 heterocycles. The van der Waals surface area contributed by atoms with Gasteiger partial charge in [-0.3, -0.25) is 9.59 Å². The topological polar surface area (TPSA) is 67.4 Å². The highest BCUT2D eigenvalue weighted by molar-refractivity contribution is 6.32. The van der Waals surface area contributed by atoms with Crippen LogP contribution in [-0.4, -0.2) is 25.5 Å². The molecule has 6 heteroatoms. The molecule has 2 amide bonds. The Morgan fingerprint density at radius 3 is 2.69 bits per heavy atom. The number of para-hydroxylation sites is 1. The first-order valence-corrected chi connectivity index (χ1v) is 8.53. The van der Waals surface area contributed by atoms with Gasteiger partial charge in [-0.25, -0.2) is 0 Å². The van der Waals surface area contributed by atoms with Crippen molar-refractivity contribution in [3.05, 3.63) is 71.3 Å². The van der Waals surface area contributed by atoms with E-state index < -0.39 is 0 Å². The summed E-state index contributed by atoms with van der Waals surface area (Å²) in [6.45, 7) is 3.93. The molecule has 0 spiro atoms. The first kappa shape index (κ1) is 19.5. The highest BCUT2D eigenvalue weighted by atomic mass is 35.5. The number of benzene rings is 2. The lowest BCUT2D eigenvalue weighted by Crippen LogP contribution is -2.25. The van der Waals surface area contributed by atoms with Crippen LogP contribution >= 0.6 is 11.6 Å². The van der Waals surface area contributed by atoms with Gasteiger partial charge in [0, 0.05) is 13.0 Å². The van der Waals surface area contributed by atoms with E-state index in [2.05, 4.69) is 17.2 Å². The summed E-state index contributed by atoms with van der Waals surface area (Å²) in [6, 6.07) is 12.3. The highest BCUT2D eigenvalue weighted by Gasteiger charge is 2.12. The second-order valence-corrected chi connectivity index (χ2v) is 5.97. The zero-order valence-electron chi connectivity index (χ0n) is 14.5. The first-order valence-electron chi connectivity index (χ1n) is 8.15. The molecule has 0 aliphatic carbocycles. The zero-order chi connectivity index (χ0) is 18.9. The van der Waals surface area contributed by atoms with Gasteiger partial charge in [-0.15, -0.1) is 6.58 Å². The molecule has 136 valence electrons. The molecular formula is C20H21ClN2O3. The fourth-order valence-electron chi connectivity index (χ4n) is 2.39. The Balaban J connectivity index is 1.98. The van der Waals surface area contributed by atoms with Crippen LogP contribution in [-0.2, 0) is 11.2 Å². The van der Waals surface area contributed by atoms with Gasteiger partial charge in [0.05, 0.1) is 23.4 Å². The van der Waals surface area contributed by atoms with Crippen molar-refractivity contribution in [2.75, 3.05) is 19.0 Å². The Morgan fingerprint density at radius 2 is 2.00 bits per heavy atom. The number of rotatable bonds is 8. The molecule has 0 aliphatic rings. The number of hydrogen-bond donors (Lipinski definition) is 2. The Bertz CT molecular complexity index is 805. The van der Waals surface area contributed by atoms with Gasteiger partial charge in [0.15, 0.2) is 0 Å². The Kier molecular flexibility index (Phi) is 7.24. The predicted molar refractivity (Wildman–Crippen MR) is 104 cm³/mol. The van der Waals surface area contributed by atoms with E-state index in [4.69, 9.17) is 16.3 Å². The van der Waals surface area contributed by atoms with Crippen LogP contribution in [0, 0.1) is 0 Å². The number of aryl methyl sites for hydroxylation is 1. The van der Waals surface area contributed by atoms with Gasteiger partial charge in [0.2, 0.25) is 5.91 Å². The predicted octanol–water partition coefficient (Wildman–Crippen LogP) is 3.84. The third-order valence-corrected chi connectivity index (χ3v) is 4.01. The van der Waals surface area contributed by atoms with Crippen molar-refractivity contribution in [2.24, 2.45) is 0 Å². The second-order valence-electron chi connectivity index (χ2n) is 5.56. The molecule has 2 N–H and O–H groups in total. The van der Waals surface area contributed by atoms with Gasteiger partial charge >= 0.3 is 0 Å². The molecule has 0 saturated heterocycles. The molecule has 0 radical (unpaired) electrons. The molecule has 0 unspecified atom stereocenters. The van der Waals surface area contributed by atoms with Gasteiger partial charge in [0.25, 0.3) is 5.91 Å². The van der Waals surface area contributed by atoms with Crippen LogP contribution < -0.4 is 15.4 Å². The van der Waals surface area contributed by atoms with E-state index >= 15 is 0 Å². The number of hydrogen-bond acceptors (Lipinski definition) is 3. The Hall–Kier alpha value is -2.79. The summed E-state index contributed by atoms with van der Waals surface area (Å²) in [4.78, 5) is 24.4. The lowest BCUT2D eigenvalue weighted by Gasteiger charge is -2.11. The molecule has 2 aromatic carbocycles. The van der Waals surface area contributed by atoms with E-state index in [1.54, 1.807) is 49.6 Å². The maximum absolute atomic E-state index is 12.3. The molecule has 5 nitrogen and oxygen atoms in total. The van der Waals surface area contributed by atoms with Gasteiger partial charge in [-0.2, -0.15) is 0 Å². The fourth-order valence-corrected chi connectivity index (χ4v) is 2.67. The fraction of sp³-hybridized carbons (Fsp3) is 0.200. The number of carbonyl (C=O) groups excluding carboxylic acids is 2. The number of nitrogens with one attached hydrogen (secondary N) is 2. The third-order valence-electron chi connectivity index (χ3n) is 3.71. The minimum absolute atomic E-state index is 0.180. The number of ether oxygens (including phenoxy) is 1. The highest BCUT2D eigenvalue weighted by Crippen LogP contribution is 2.25. The third kappa shape index (κ3) is 5.36. The van der Waals surface area contributed by atoms with Crippen molar-refractivity contribution in [1.82, 2.24) is 5.32 Å². The SMILES string of the molecule is C=CCNC(=O)c1ccccc1NC(=O)CCc1ccc(OC)c(Cl)c1. The van der Waals surface area contributed by atoms with Crippen LogP contribution in [0.1, 0.15) is 22.3 Å². The van der Waals surface area contributed by atoms with Crippen LogP contribution in [0.4, 0.5) is 5.69 Å². The number of amides is 2. The lowest BCUT2D eigenvalue weighted by atomic mass is 10.1. The molecule has 0 bridgehead atoms. The number of carbonyl (C=O) groups is 2. The normalized spacial score (nSPS) is 10.1. The van der Waals surface area contributed by atoms with Crippen LogP contribution in [0.15, 0.2) is 55.1 Å². The van der Waals surface area contributed by atoms with E-state index in [1.807, 2.05) is 6.07 Å². The minimum atomic E-state index is -0.261. The average Bonchev–Trinajstić information content (AvgIpc) is 2.65. The van der Waals surface area contributed by atoms with Crippen LogP contribution in [0.25, 0.3) is 0 Å². The van der Waals surface area contributed by atoms with Crippen molar-refractivity contribution in [1.29, 1.82) is 0 Å². The van der Waals surface area contributed by atoms with E-state index in [1.165, 1.54) is 0 Å². The van der Waals surface area contributed by atoms with Gasteiger partial charge in [0.1, 0.15) is 5.75 Å². The van der Waals surface area contributed by atoms with Gasteiger partial charge in [-0.05, 0) is 36.2 Å². The van der Waals surface area contributed by atoms with Crippen molar-refractivity contribution in [2.45, 2.75) is 12.8 Å². The molecule has 2 rings (SSSR count). The smallest absolute Gasteiger partial charge is 0.253 e. The standard InChI is InChI=1S/C20H21ClN2O3/c1-3-12-22-20(25)15-6-4-5-7-17(15)23-19(24)11-9-14-8-10-18(26-2)16(21)13-14/h3-8,10,13H,1,9,11-12H2,2H3,(H,22,25)(H,23,24). The monoisotopic (exact) mass is 372 g/mol. The minimum Gasteiger partial charge on any atom is -0.495 e. The summed E-state index contributed by atoms with van der Waals surface area (Å²) < 4.78 is 5.11. The molecule has 0 atom stereocenters. The molecule has 0 aliphatic heterocycles. The molecule has 26 heavy (non-hydrogen) atoms. The average molecular weight is 373 g/mol. The number of anilines is 1. The van der Waals surface area contributed by atoms with Crippen molar-refractivity contribution >= 4 is 29.1 Å². The van der Waals surface area contributed by atoms with Crippen LogP contribution in [0.3, 0.4) is 0 Å². The lowest BCUT2D eigenvalue weighted by molar-refractivity contribution is -0.116. The number of methoxy groups -OCH3 is 1. The summed E-state index contributed by atoms with van der Waals surface area (Å²) in [6.07, 6.45) is 2.39. The van der Waals surface area contributed by atoms with Crippen molar-refractivity contribution in [3.63, 3.8) is 0 Å². The zero-order valence-corrected chi connectivity index (χ0v) is 15.3. The maximum Gasteiger partial charge on any atom is 0.253 e. The Morgan fingerprint density at radius 1 is 1.23 bits per heavy atom. The summed E-state index contributed by atoms with van der Waals surface area (Å²) in [5.74, 6) is 0.156. The van der Waals surface area contributed by atoms with Crippen molar-refractivity contribution in [3.8, 4) is 5.75 Å². The van der Waals surface area contributed by atoms with Crippen LogP contribution in [0.2, 0.25) is 5.02 Å². The van der Waals surface area contributed by atoms with E-state index in [9.17, 15) is 9.59 Å². The van der Waals surface area contributed by atoms with Crippen molar-refractivity contribution < 1.29 is 14.3 Å². The van der Waals surface area contributed by atoms with Gasteiger partial charge in [-0.1, -0.05) is 35.9 Å². The van der Waals surface area contributed by atoms with E-state index in [0.29, 0.717) is 35.0 Å². The number of halogens is 1. The van der Waals surface area contributed by atoms with Crippen LogP contribution in [0.5, 0.6) is 5.75 Å². The first-order chi connectivity index (χ1) is 12.5. The second kappa shape index (κ2) is 9.63. The summed E-state index contributed by atoms with van der Waals surface area (Å²) in [5, 5.41) is 6.00. The maximum atomic E-state index is 12.3. The molecular weight excluding hydrogens is 352 g/mol. The quantitative estimate of drug-likeness (QED) is 0.692. The Labute approximate surface area is 158 Å². The molecule has 2 aromatic rings. The summed E-state index contributed by atoms with van der Waals surface area (Å²) in [5.41, 5.74) is 1.82. The molecule has 0 saturated carbocycles. The van der Waals surface area contributed by atoms with Gasteiger partial charge < -0.3 is 15.4 Å². The van der Waals surface area contributed by atoms with E-state index in [-0.39, 0.29) is 18.2 Å². The molecule has 0 fully saturated rings.